The lowest BCUT2D eigenvalue weighted by molar-refractivity contribution is -0.137. The van der Waals surface area contributed by atoms with Crippen molar-refractivity contribution in [2.24, 2.45) is 0 Å². The first-order chi connectivity index (χ1) is 7.43. The maximum atomic E-state index is 12.9. The lowest BCUT2D eigenvalue weighted by Gasteiger charge is -2.07. The lowest BCUT2D eigenvalue weighted by Crippen LogP contribution is -2.05. The summed E-state index contributed by atoms with van der Waals surface area (Å²) in [6.07, 6.45) is -1.26. The molecular weight excluding hydrogens is 224 g/mol. The van der Waals surface area contributed by atoms with Gasteiger partial charge in [0.2, 0.25) is 0 Å². The molecule has 0 saturated heterocycles. The van der Waals surface area contributed by atoms with E-state index in [0.717, 1.165) is 12.1 Å². The first-order valence-electron chi connectivity index (χ1n) is 4.41. The summed E-state index contributed by atoms with van der Waals surface area (Å²) >= 11 is 0. The van der Waals surface area contributed by atoms with Crippen LogP contribution in [0.5, 0.6) is 0 Å². The van der Waals surface area contributed by atoms with Gasteiger partial charge in [-0.3, -0.25) is 0 Å². The molecule has 0 atom stereocenters. The zero-order chi connectivity index (χ0) is 12.2. The van der Waals surface area contributed by atoms with Crippen molar-refractivity contribution in [2.45, 2.75) is 12.6 Å². The second-order valence-electron chi connectivity index (χ2n) is 3.08. The number of hydrogen-bond acceptors (Lipinski definition) is 1. The third-order valence-electron chi connectivity index (χ3n) is 1.79. The van der Waals surface area contributed by atoms with Crippen molar-refractivity contribution in [2.75, 3.05) is 0 Å². The Morgan fingerprint density at radius 1 is 1.19 bits per heavy atom. The van der Waals surface area contributed by atoms with E-state index in [1.807, 2.05) is 0 Å². The highest BCUT2D eigenvalue weighted by Crippen LogP contribution is 2.30. The Kier molecular flexibility index (Phi) is 3.82. The van der Waals surface area contributed by atoms with Crippen molar-refractivity contribution in [3.63, 3.8) is 0 Å². The molecule has 5 heteroatoms. The molecule has 0 spiro atoms. The Hall–Kier alpha value is -1.65. The third kappa shape index (κ3) is 3.49. The molecule has 1 aromatic carbocycles. The smallest absolute Gasteiger partial charge is 0.303 e. The first-order valence-corrected chi connectivity index (χ1v) is 4.41. The fraction of sp³-hybridized carbons (Fsp3) is 0.182. The van der Waals surface area contributed by atoms with Crippen LogP contribution in [0.3, 0.4) is 0 Å². The molecule has 1 aromatic rings. The van der Waals surface area contributed by atoms with Gasteiger partial charge in [-0.2, -0.15) is 13.2 Å². The number of rotatable bonds is 3. The monoisotopic (exact) mass is 232 g/mol. The Bertz CT molecular complexity index is 407. The van der Waals surface area contributed by atoms with Crippen LogP contribution in [0.25, 0.3) is 6.08 Å². The predicted octanol–water partition coefficient (Wildman–Crippen LogP) is 3.45. The van der Waals surface area contributed by atoms with Crippen LogP contribution in [0.1, 0.15) is 17.5 Å². The number of allylic oxidation sites excluding steroid dienone is 1. The molecule has 1 rings (SSSR count). The zero-order valence-corrected chi connectivity index (χ0v) is 8.09. The number of benzene rings is 1. The molecule has 0 N–H and O–H groups in total. The van der Waals surface area contributed by atoms with E-state index in [9.17, 15) is 22.4 Å². The van der Waals surface area contributed by atoms with Crippen LogP contribution < -0.4 is 0 Å². The van der Waals surface area contributed by atoms with Crippen LogP contribution in [-0.2, 0) is 11.0 Å². The number of carbonyl (C=O) groups excluding carboxylic acids is 1. The molecule has 1 nitrogen and oxygen atoms in total. The second kappa shape index (κ2) is 4.92. The summed E-state index contributed by atoms with van der Waals surface area (Å²) in [7, 11) is 0. The average molecular weight is 232 g/mol. The maximum absolute atomic E-state index is 12.9. The van der Waals surface area contributed by atoms with E-state index in [0.29, 0.717) is 12.4 Å². The topological polar surface area (TPSA) is 17.1 Å². The minimum atomic E-state index is -4.57. The molecule has 0 aliphatic carbocycles. The van der Waals surface area contributed by atoms with Crippen molar-refractivity contribution in [3.8, 4) is 0 Å². The van der Waals surface area contributed by atoms with Gasteiger partial charge >= 0.3 is 6.18 Å². The fourth-order valence-corrected chi connectivity index (χ4v) is 1.13. The predicted molar refractivity (Wildman–Crippen MR) is 51.1 cm³/mol. The summed E-state index contributed by atoms with van der Waals surface area (Å²) in [4.78, 5) is 9.98. The molecule has 0 aromatic heterocycles. The summed E-state index contributed by atoms with van der Waals surface area (Å²) in [5.41, 5.74) is -0.965. The number of aldehydes is 1. The number of alkyl halides is 3. The van der Waals surface area contributed by atoms with Gasteiger partial charge in [-0.05, 0) is 23.8 Å². The Morgan fingerprint density at radius 3 is 2.44 bits per heavy atom. The van der Waals surface area contributed by atoms with Crippen molar-refractivity contribution in [1.82, 2.24) is 0 Å². The van der Waals surface area contributed by atoms with E-state index in [4.69, 9.17) is 0 Å². The second-order valence-corrected chi connectivity index (χ2v) is 3.08. The average Bonchev–Trinajstić information content (AvgIpc) is 2.16. The molecular formula is C11H8F4O. The molecule has 0 bridgehead atoms. The molecule has 0 unspecified atom stereocenters. The van der Waals surface area contributed by atoms with Gasteiger partial charge in [0.25, 0.3) is 0 Å². The Balaban J connectivity index is 3.03. The molecule has 16 heavy (non-hydrogen) atoms. The summed E-state index contributed by atoms with van der Waals surface area (Å²) in [5.74, 6) is -0.958. The van der Waals surface area contributed by atoms with E-state index in [1.54, 1.807) is 0 Å². The number of hydrogen-bond donors (Lipinski definition) is 0. The Morgan fingerprint density at radius 2 is 1.88 bits per heavy atom. The number of carbonyl (C=O) groups is 1. The van der Waals surface area contributed by atoms with Gasteiger partial charge in [0.05, 0.1) is 5.56 Å². The van der Waals surface area contributed by atoms with Gasteiger partial charge in [0.1, 0.15) is 12.1 Å². The van der Waals surface area contributed by atoms with E-state index < -0.39 is 17.6 Å². The molecule has 0 fully saturated rings. The van der Waals surface area contributed by atoms with E-state index in [2.05, 4.69) is 0 Å². The van der Waals surface area contributed by atoms with Crippen LogP contribution in [0.15, 0.2) is 24.3 Å². The van der Waals surface area contributed by atoms with Crippen molar-refractivity contribution in [1.29, 1.82) is 0 Å². The van der Waals surface area contributed by atoms with Crippen molar-refractivity contribution in [3.05, 3.63) is 41.2 Å². The van der Waals surface area contributed by atoms with Crippen LogP contribution in [-0.4, -0.2) is 6.29 Å². The van der Waals surface area contributed by atoms with Crippen molar-refractivity contribution < 1.29 is 22.4 Å². The van der Waals surface area contributed by atoms with Crippen LogP contribution in [0.2, 0.25) is 0 Å². The van der Waals surface area contributed by atoms with Gasteiger partial charge < -0.3 is 4.79 Å². The van der Waals surface area contributed by atoms with Gasteiger partial charge in [-0.15, -0.1) is 0 Å². The van der Waals surface area contributed by atoms with Gasteiger partial charge in [0.15, 0.2) is 0 Å². The van der Waals surface area contributed by atoms with Gasteiger partial charge in [-0.1, -0.05) is 12.2 Å². The highest BCUT2D eigenvalue weighted by atomic mass is 19.4. The van der Waals surface area contributed by atoms with E-state index in [1.165, 1.54) is 12.2 Å². The van der Waals surface area contributed by atoms with Crippen LogP contribution in [0, 0.1) is 5.82 Å². The van der Waals surface area contributed by atoms with E-state index >= 15 is 0 Å². The molecule has 0 saturated carbocycles. The Labute approximate surface area is 89.4 Å². The van der Waals surface area contributed by atoms with Gasteiger partial charge in [-0.25, -0.2) is 4.39 Å². The third-order valence-corrected chi connectivity index (χ3v) is 1.79. The highest BCUT2D eigenvalue weighted by Gasteiger charge is 2.31. The minimum absolute atomic E-state index is 0.0779. The maximum Gasteiger partial charge on any atom is 0.416 e. The SMILES string of the molecule is O=CCC=Cc1cc(F)cc(C(F)(F)F)c1. The molecule has 0 aliphatic rings. The van der Waals surface area contributed by atoms with Crippen LogP contribution in [0.4, 0.5) is 17.6 Å². The van der Waals surface area contributed by atoms with Crippen molar-refractivity contribution >= 4 is 12.4 Å². The summed E-state index contributed by atoms with van der Waals surface area (Å²) in [6, 6.07) is 2.22. The quantitative estimate of drug-likeness (QED) is 0.576. The minimum Gasteiger partial charge on any atom is -0.303 e. The first kappa shape index (κ1) is 12.4. The zero-order valence-electron chi connectivity index (χ0n) is 8.09. The fourth-order valence-electron chi connectivity index (χ4n) is 1.13. The summed E-state index contributed by atoms with van der Waals surface area (Å²) in [6.45, 7) is 0. The molecule has 0 amide bonds. The molecule has 0 radical (unpaired) electrons. The van der Waals surface area contributed by atoms with Gasteiger partial charge in [0, 0.05) is 6.42 Å². The lowest BCUT2D eigenvalue weighted by atomic mass is 10.1. The molecule has 0 heterocycles. The molecule has 0 aliphatic heterocycles. The normalized spacial score (nSPS) is 12.0. The standard InChI is InChI=1S/C11H8F4O/c12-10-6-8(3-1-2-4-16)5-9(7-10)11(13,14)15/h1,3-7H,2H2. The summed E-state index contributed by atoms with van der Waals surface area (Å²) < 4.78 is 49.7. The van der Waals surface area contributed by atoms with Crippen LogP contribution >= 0.6 is 0 Å². The summed E-state index contributed by atoms with van der Waals surface area (Å²) in [5, 5.41) is 0. The highest BCUT2D eigenvalue weighted by molar-refractivity contribution is 5.58. The van der Waals surface area contributed by atoms with E-state index in [-0.39, 0.29) is 12.0 Å². The molecule has 86 valence electrons. The largest absolute Gasteiger partial charge is 0.416 e. The number of halogens is 4.